The zero-order valence-corrected chi connectivity index (χ0v) is 17.5. The molecule has 6 heteroatoms. The van der Waals surface area contributed by atoms with Crippen LogP contribution in [0.2, 0.25) is 0 Å². The first kappa shape index (κ1) is 19.0. The third-order valence-corrected chi connectivity index (χ3v) is 6.73. The summed E-state index contributed by atoms with van der Waals surface area (Å²) < 4.78 is 1.01. The number of benzene rings is 2. The highest BCUT2D eigenvalue weighted by Gasteiger charge is 2.13. The Bertz CT molecular complexity index is 1170. The Labute approximate surface area is 180 Å². The second-order valence-corrected chi connectivity index (χ2v) is 8.77. The number of nitrogens with zero attached hydrogens (tertiary/aromatic N) is 3. The average molecular weight is 417 g/mol. The van der Waals surface area contributed by atoms with E-state index >= 15 is 0 Å². The third-order valence-electron chi connectivity index (χ3n) is 5.55. The first-order chi connectivity index (χ1) is 14.7. The van der Waals surface area contributed by atoms with Gasteiger partial charge < -0.3 is 15.3 Å². The van der Waals surface area contributed by atoms with Gasteiger partial charge in [0, 0.05) is 23.2 Å². The van der Waals surface area contributed by atoms with Crippen molar-refractivity contribution < 1.29 is 5.11 Å². The summed E-state index contributed by atoms with van der Waals surface area (Å²) >= 11 is 1.69. The van der Waals surface area contributed by atoms with E-state index in [1.165, 1.54) is 41.9 Å². The van der Waals surface area contributed by atoms with Crippen LogP contribution in [0.3, 0.4) is 0 Å². The number of rotatable bonds is 6. The molecule has 0 atom stereocenters. The third kappa shape index (κ3) is 4.15. The van der Waals surface area contributed by atoms with Gasteiger partial charge in [0.2, 0.25) is 0 Å². The zero-order valence-electron chi connectivity index (χ0n) is 16.7. The van der Waals surface area contributed by atoms with Gasteiger partial charge in [-0.3, -0.25) is 0 Å². The van der Waals surface area contributed by atoms with Crippen molar-refractivity contribution in [3.05, 3.63) is 66.5 Å². The fourth-order valence-electron chi connectivity index (χ4n) is 3.98. The van der Waals surface area contributed by atoms with E-state index in [1.54, 1.807) is 29.8 Å². The maximum absolute atomic E-state index is 9.72. The van der Waals surface area contributed by atoms with Gasteiger partial charge in [-0.25, -0.2) is 9.97 Å². The van der Waals surface area contributed by atoms with Crippen LogP contribution in [-0.4, -0.2) is 39.6 Å². The van der Waals surface area contributed by atoms with Gasteiger partial charge in [-0.1, -0.05) is 30.3 Å². The summed E-state index contributed by atoms with van der Waals surface area (Å²) in [5, 5.41) is 13.0. The molecule has 0 amide bonds. The molecule has 0 unspecified atom stereocenters. The normalized spacial score (nSPS) is 14.4. The van der Waals surface area contributed by atoms with Crippen LogP contribution in [0.15, 0.2) is 60.9 Å². The largest absolute Gasteiger partial charge is 0.508 e. The molecule has 0 bridgehead atoms. The minimum absolute atomic E-state index is 0.225. The van der Waals surface area contributed by atoms with Crippen molar-refractivity contribution >= 4 is 33.1 Å². The number of phenolic OH excluding ortho intramolecular Hbond substituents is 1. The van der Waals surface area contributed by atoms with E-state index in [0.717, 1.165) is 34.7 Å². The Morgan fingerprint density at radius 3 is 2.73 bits per heavy atom. The van der Waals surface area contributed by atoms with Gasteiger partial charge in [0.05, 0.1) is 10.2 Å². The lowest BCUT2D eigenvalue weighted by molar-refractivity contribution is 0.343. The molecule has 1 saturated heterocycles. The van der Waals surface area contributed by atoms with Crippen LogP contribution >= 0.6 is 11.3 Å². The SMILES string of the molecule is Oc1cccc(Nc2ncnc3cc(-c4cccc(CCN5CCCC5)c4)sc23)c1. The molecule has 0 saturated carbocycles. The predicted molar refractivity (Wildman–Crippen MR) is 124 cm³/mol. The molecular formula is C24H24N4OS. The molecular weight excluding hydrogens is 392 g/mol. The molecule has 1 aliphatic rings. The number of hydrogen-bond donors (Lipinski definition) is 2. The van der Waals surface area contributed by atoms with Crippen LogP contribution in [0.5, 0.6) is 5.75 Å². The smallest absolute Gasteiger partial charge is 0.151 e. The van der Waals surface area contributed by atoms with Gasteiger partial charge in [-0.15, -0.1) is 11.3 Å². The van der Waals surface area contributed by atoms with E-state index in [0.29, 0.717) is 0 Å². The summed E-state index contributed by atoms with van der Waals surface area (Å²) in [7, 11) is 0. The topological polar surface area (TPSA) is 61.3 Å². The van der Waals surface area contributed by atoms with E-state index in [2.05, 4.69) is 50.5 Å². The van der Waals surface area contributed by atoms with E-state index in [1.807, 2.05) is 12.1 Å². The van der Waals surface area contributed by atoms with Crippen molar-refractivity contribution in [2.45, 2.75) is 19.3 Å². The highest BCUT2D eigenvalue weighted by molar-refractivity contribution is 7.22. The first-order valence-corrected chi connectivity index (χ1v) is 11.2. The highest BCUT2D eigenvalue weighted by atomic mass is 32.1. The Morgan fingerprint density at radius 2 is 1.87 bits per heavy atom. The molecule has 2 aromatic heterocycles. The first-order valence-electron chi connectivity index (χ1n) is 10.4. The fraction of sp³-hybridized carbons (Fsp3) is 0.250. The molecule has 5 nitrogen and oxygen atoms in total. The molecule has 2 N–H and O–H groups in total. The number of fused-ring (bicyclic) bond motifs is 1. The number of aromatic nitrogens is 2. The molecule has 3 heterocycles. The molecule has 0 spiro atoms. The van der Waals surface area contributed by atoms with Crippen molar-refractivity contribution in [1.82, 2.24) is 14.9 Å². The molecule has 1 fully saturated rings. The number of hydrogen-bond acceptors (Lipinski definition) is 6. The minimum atomic E-state index is 0.225. The minimum Gasteiger partial charge on any atom is -0.508 e. The number of nitrogens with one attached hydrogen (secondary N) is 1. The molecule has 0 aliphatic carbocycles. The predicted octanol–water partition coefficient (Wildman–Crippen LogP) is 5.45. The summed E-state index contributed by atoms with van der Waals surface area (Å²) in [6.45, 7) is 3.62. The lowest BCUT2D eigenvalue weighted by Crippen LogP contribution is -2.21. The van der Waals surface area contributed by atoms with Crippen LogP contribution in [0.1, 0.15) is 18.4 Å². The van der Waals surface area contributed by atoms with E-state index in [-0.39, 0.29) is 5.75 Å². The summed E-state index contributed by atoms with van der Waals surface area (Å²) in [6, 6.07) is 18.0. The Balaban J connectivity index is 1.40. The summed E-state index contributed by atoms with van der Waals surface area (Å²) in [5.74, 6) is 0.981. The zero-order chi connectivity index (χ0) is 20.3. The molecule has 1 aliphatic heterocycles. The van der Waals surface area contributed by atoms with Crippen LogP contribution in [0.4, 0.5) is 11.5 Å². The van der Waals surface area contributed by atoms with Crippen molar-refractivity contribution in [2.24, 2.45) is 0 Å². The van der Waals surface area contributed by atoms with Crippen molar-refractivity contribution in [2.75, 3.05) is 25.0 Å². The van der Waals surface area contributed by atoms with Crippen LogP contribution in [0.25, 0.3) is 20.7 Å². The number of likely N-dealkylation sites (tertiary alicyclic amines) is 1. The van der Waals surface area contributed by atoms with Crippen molar-refractivity contribution in [3.63, 3.8) is 0 Å². The van der Waals surface area contributed by atoms with Gasteiger partial charge in [0.15, 0.2) is 5.82 Å². The monoisotopic (exact) mass is 416 g/mol. The van der Waals surface area contributed by atoms with Gasteiger partial charge in [-0.2, -0.15) is 0 Å². The highest BCUT2D eigenvalue weighted by Crippen LogP contribution is 2.37. The van der Waals surface area contributed by atoms with E-state index in [9.17, 15) is 5.11 Å². The van der Waals surface area contributed by atoms with Gasteiger partial charge in [0.25, 0.3) is 0 Å². The van der Waals surface area contributed by atoms with Crippen molar-refractivity contribution in [3.8, 4) is 16.2 Å². The van der Waals surface area contributed by atoms with Gasteiger partial charge in [0.1, 0.15) is 12.1 Å². The molecule has 5 rings (SSSR count). The molecule has 2 aromatic carbocycles. The summed E-state index contributed by atoms with van der Waals surface area (Å²) in [5.41, 5.74) is 4.32. The fourth-order valence-corrected chi connectivity index (χ4v) is 5.03. The van der Waals surface area contributed by atoms with Gasteiger partial charge >= 0.3 is 0 Å². The lowest BCUT2D eigenvalue weighted by atomic mass is 10.1. The molecule has 0 radical (unpaired) electrons. The summed E-state index contributed by atoms with van der Waals surface area (Å²) in [6.07, 6.45) is 5.34. The van der Waals surface area contributed by atoms with E-state index in [4.69, 9.17) is 0 Å². The number of aromatic hydroxyl groups is 1. The molecule has 4 aromatic rings. The quantitative estimate of drug-likeness (QED) is 0.438. The van der Waals surface area contributed by atoms with Crippen molar-refractivity contribution in [1.29, 1.82) is 0 Å². The van der Waals surface area contributed by atoms with Gasteiger partial charge in [-0.05, 0) is 61.7 Å². The number of thiophene rings is 1. The van der Waals surface area contributed by atoms with Crippen LogP contribution in [-0.2, 0) is 6.42 Å². The number of anilines is 2. The van der Waals surface area contributed by atoms with Crippen LogP contribution in [0, 0.1) is 0 Å². The van der Waals surface area contributed by atoms with E-state index < -0.39 is 0 Å². The summed E-state index contributed by atoms with van der Waals surface area (Å²) in [4.78, 5) is 12.6. The maximum atomic E-state index is 9.72. The standard InChI is InChI=1S/C24H24N4OS/c29-20-8-4-7-19(14-20)27-24-23-21(25-16-26-24)15-22(30-23)18-6-3-5-17(13-18)9-12-28-10-1-2-11-28/h3-8,13-16,29H,1-2,9-12H2,(H,25,26,27). The second-order valence-electron chi connectivity index (χ2n) is 7.72. The molecule has 152 valence electrons. The second kappa shape index (κ2) is 8.42. The Morgan fingerprint density at radius 1 is 1.00 bits per heavy atom. The Hall–Kier alpha value is -2.96. The lowest BCUT2D eigenvalue weighted by Gasteiger charge is -2.14. The molecule has 30 heavy (non-hydrogen) atoms. The maximum Gasteiger partial charge on any atom is 0.151 e. The number of phenols is 1. The average Bonchev–Trinajstić information content (AvgIpc) is 3.43. The van der Waals surface area contributed by atoms with Crippen LogP contribution < -0.4 is 5.32 Å². The Kier molecular flexibility index (Phi) is 5.34.